The first-order valence-electron chi connectivity index (χ1n) is 5.82. The summed E-state index contributed by atoms with van der Waals surface area (Å²) in [6, 6.07) is 2.37. The maximum absolute atomic E-state index is 12.3. The van der Waals surface area contributed by atoms with E-state index in [0.717, 1.165) is 0 Å². The average molecular weight is 333 g/mol. The van der Waals surface area contributed by atoms with Crippen LogP contribution < -0.4 is 5.32 Å². The zero-order valence-electron chi connectivity index (χ0n) is 11.4. The fourth-order valence-corrected chi connectivity index (χ4v) is 2.12. The summed E-state index contributed by atoms with van der Waals surface area (Å²) in [5, 5.41) is 14.6. The summed E-state index contributed by atoms with van der Waals surface area (Å²) in [4.78, 5) is 15.8. The van der Waals surface area contributed by atoms with Gasteiger partial charge in [-0.2, -0.15) is 18.2 Å². The van der Waals surface area contributed by atoms with Crippen LogP contribution in [0.15, 0.2) is 21.6 Å². The van der Waals surface area contributed by atoms with E-state index in [9.17, 15) is 23.1 Å². The second-order valence-electron chi connectivity index (χ2n) is 4.22. The number of phenols is 1. The Balaban J connectivity index is 2.26. The van der Waals surface area contributed by atoms with Gasteiger partial charge in [0.25, 0.3) is 11.7 Å². The number of alkyl halides is 3. The fraction of sp³-hybridized carbons (Fsp3) is 0.250. The molecule has 0 saturated carbocycles. The topological polar surface area (TPSA) is 88.2 Å². The number of nitrogens with one attached hydrogen (secondary N) is 1. The molecule has 6 nitrogen and oxygen atoms in total. The lowest BCUT2D eigenvalue weighted by Crippen LogP contribution is -2.13. The minimum Gasteiger partial charge on any atom is -0.507 e. The summed E-state index contributed by atoms with van der Waals surface area (Å²) in [7, 11) is 0. The number of amides is 1. The summed E-state index contributed by atoms with van der Waals surface area (Å²) >= 11 is 1.35. The van der Waals surface area contributed by atoms with Crippen molar-refractivity contribution in [1.29, 1.82) is 0 Å². The molecule has 1 amide bonds. The number of nitrogens with zero attached hydrogens (tertiary/aromatic N) is 2. The summed E-state index contributed by atoms with van der Waals surface area (Å²) in [5.74, 6) is -2.62. The minimum absolute atomic E-state index is 0.101. The van der Waals surface area contributed by atoms with Crippen molar-refractivity contribution in [3.05, 3.63) is 29.1 Å². The number of thioether (sulfide) groups is 1. The molecule has 0 radical (unpaired) electrons. The molecule has 2 N–H and O–H groups in total. The van der Waals surface area contributed by atoms with Crippen molar-refractivity contribution < 1.29 is 27.6 Å². The molecule has 0 spiro atoms. The van der Waals surface area contributed by atoms with Crippen LogP contribution in [0.1, 0.15) is 21.7 Å². The van der Waals surface area contributed by atoms with Crippen molar-refractivity contribution in [3.63, 3.8) is 0 Å². The van der Waals surface area contributed by atoms with Crippen LogP contribution in [0.4, 0.5) is 19.2 Å². The Labute approximate surface area is 126 Å². The molecule has 0 fully saturated rings. The van der Waals surface area contributed by atoms with Gasteiger partial charge < -0.3 is 9.63 Å². The van der Waals surface area contributed by atoms with Gasteiger partial charge in [-0.3, -0.25) is 10.1 Å². The van der Waals surface area contributed by atoms with E-state index in [1.165, 1.54) is 17.8 Å². The number of carbonyl (C=O) groups is 1. The van der Waals surface area contributed by atoms with Crippen molar-refractivity contribution in [2.24, 2.45) is 0 Å². The van der Waals surface area contributed by atoms with Crippen molar-refractivity contribution in [2.45, 2.75) is 18.0 Å². The Bertz CT molecular complexity index is 715. The Kier molecular flexibility index (Phi) is 4.31. The van der Waals surface area contributed by atoms with Gasteiger partial charge in [-0.15, -0.1) is 11.8 Å². The number of hydrogen-bond acceptors (Lipinski definition) is 6. The Hall–Kier alpha value is -2.23. The van der Waals surface area contributed by atoms with Crippen LogP contribution in [0.25, 0.3) is 0 Å². The Morgan fingerprint density at radius 2 is 2.09 bits per heavy atom. The van der Waals surface area contributed by atoms with Crippen molar-refractivity contribution in [2.75, 3.05) is 11.6 Å². The van der Waals surface area contributed by atoms with Gasteiger partial charge in [-0.25, -0.2) is 0 Å². The number of benzene rings is 1. The molecule has 0 aliphatic carbocycles. The molecule has 10 heteroatoms. The lowest BCUT2D eigenvalue weighted by molar-refractivity contribution is -0.146. The summed E-state index contributed by atoms with van der Waals surface area (Å²) in [6.07, 6.45) is -2.99. The molecule has 0 aliphatic rings. The van der Waals surface area contributed by atoms with Crippen LogP contribution in [0.5, 0.6) is 5.75 Å². The van der Waals surface area contributed by atoms with Crippen LogP contribution in [0, 0.1) is 6.92 Å². The Morgan fingerprint density at radius 3 is 2.64 bits per heavy atom. The molecular formula is C12H10F3N3O3S. The van der Waals surface area contributed by atoms with E-state index >= 15 is 0 Å². The third-order valence-corrected chi connectivity index (χ3v) is 3.36. The van der Waals surface area contributed by atoms with Gasteiger partial charge in [-0.05, 0) is 36.0 Å². The van der Waals surface area contributed by atoms with Crippen molar-refractivity contribution in [3.8, 4) is 5.75 Å². The van der Waals surface area contributed by atoms with Gasteiger partial charge in [0.1, 0.15) is 5.75 Å². The molecule has 22 heavy (non-hydrogen) atoms. The molecule has 1 aromatic heterocycles. The van der Waals surface area contributed by atoms with Gasteiger partial charge in [0.15, 0.2) is 0 Å². The molecular weight excluding hydrogens is 323 g/mol. The monoisotopic (exact) mass is 333 g/mol. The number of hydrogen-bond donors (Lipinski definition) is 2. The van der Waals surface area contributed by atoms with Crippen molar-refractivity contribution >= 4 is 23.7 Å². The molecule has 118 valence electrons. The molecule has 2 rings (SSSR count). The second-order valence-corrected chi connectivity index (χ2v) is 5.10. The maximum atomic E-state index is 12.3. The number of halogens is 3. The van der Waals surface area contributed by atoms with Gasteiger partial charge in [0.2, 0.25) is 0 Å². The van der Waals surface area contributed by atoms with Crippen LogP contribution in [0.3, 0.4) is 0 Å². The molecule has 0 bridgehead atoms. The number of aryl methyl sites for hydroxylation is 1. The smallest absolute Gasteiger partial charge is 0.455 e. The first-order valence-corrected chi connectivity index (χ1v) is 7.04. The number of anilines is 1. The van der Waals surface area contributed by atoms with Gasteiger partial charge in [0.05, 0.1) is 5.56 Å². The third-order valence-electron chi connectivity index (χ3n) is 2.65. The van der Waals surface area contributed by atoms with Crippen LogP contribution in [0.2, 0.25) is 0 Å². The van der Waals surface area contributed by atoms with E-state index < -0.39 is 23.9 Å². The average Bonchev–Trinajstić information content (AvgIpc) is 2.90. The number of aromatic nitrogens is 2. The van der Waals surface area contributed by atoms with E-state index in [4.69, 9.17) is 0 Å². The predicted octanol–water partition coefficient (Wildman–Crippen LogP) is 3.08. The van der Waals surface area contributed by atoms with Gasteiger partial charge in [-0.1, -0.05) is 0 Å². The maximum Gasteiger partial charge on any atom is 0.455 e. The lowest BCUT2D eigenvalue weighted by Gasteiger charge is -2.08. The number of aromatic hydroxyl groups is 1. The van der Waals surface area contributed by atoms with Crippen LogP contribution >= 0.6 is 11.8 Å². The third kappa shape index (κ3) is 3.32. The first kappa shape index (κ1) is 16.1. The van der Waals surface area contributed by atoms with E-state index in [2.05, 4.69) is 14.7 Å². The second kappa shape index (κ2) is 5.87. The van der Waals surface area contributed by atoms with Gasteiger partial charge in [0, 0.05) is 4.90 Å². The first-order chi connectivity index (χ1) is 10.2. The number of carbonyl (C=O) groups excluding carboxylic acids is 1. The van der Waals surface area contributed by atoms with Gasteiger partial charge >= 0.3 is 12.2 Å². The number of rotatable bonds is 3. The zero-order valence-corrected chi connectivity index (χ0v) is 12.2. The summed E-state index contributed by atoms with van der Waals surface area (Å²) in [6.45, 7) is 1.60. The highest BCUT2D eigenvalue weighted by molar-refractivity contribution is 7.98. The van der Waals surface area contributed by atoms with Crippen LogP contribution in [-0.2, 0) is 6.18 Å². The summed E-state index contributed by atoms with van der Waals surface area (Å²) in [5.41, 5.74) is 0.356. The molecule has 0 unspecified atom stereocenters. The fourth-order valence-electron chi connectivity index (χ4n) is 1.59. The predicted molar refractivity (Wildman–Crippen MR) is 71.9 cm³/mol. The highest BCUT2D eigenvalue weighted by Gasteiger charge is 2.37. The normalized spacial score (nSPS) is 11.5. The lowest BCUT2D eigenvalue weighted by atomic mass is 10.1. The molecule has 1 aromatic carbocycles. The van der Waals surface area contributed by atoms with Crippen LogP contribution in [-0.4, -0.2) is 27.4 Å². The van der Waals surface area contributed by atoms with E-state index in [0.29, 0.717) is 10.5 Å². The molecule has 0 aliphatic heterocycles. The van der Waals surface area contributed by atoms with E-state index in [-0.39, 0.29) is 11.3 Å². The highest BCUT2D eigenvalue weighted by Crippen LogP contribution is 2.30. The number of phenolic OH excluding ortho intramolecular Hbond substituents is 1. The standard InChI is InChI=1S/C12H10F3N3O3S/c1-5-3-6(22-2)4-7(8(5)19)9(20)16-11-17-10(18-21-11)12(13,14)15/h3-4,19H,1-2H3,(H,16,17,18,20). The molecule has 2 aromatic rings. The van der Waals surface area contributed by atoms with E-state index in [1.54, 1.807) is 19.2 Å². The largest absolute Gasteiger partial charge is 0.507 e. The zero-order chi connectivity index (χ0) is 16.5. The van der Waals surface area contributed by atoms with E-state index in [1.807, 2.05) is 5.32 Å². The van der Waals surface area contributed by atoms with Crippen molar-refractivity contribution in [1.82, 2.24) is 10.1 Å². The SMILES string of the molecule is CSc1cc(C)c(O)c(C(=O)Nc2nc(C(F)(F)F)no2)c1. The quantitative estimate of drug-likeness (QED) is 0.839. The Morgan fingerprint density at radius 1 is 1.41 bits per heavy atom. The summed E-state index contributed by atoms with van der Waals surface area (Å²) < 4.78 is 41.3. The molecule has 0 saturated heterocycles. The molecule has 1 heterocycles. The molecule has 0 atom stereocenters. The minimum atomic E-state index is -4.77. The highest BCUT2D eigenvalue weighted by atomic mass is 32.2.